The molecule has 10 heteroatoms. The second-order valence-corrected chi connectivity index (χ2v) is 8.92. The van der Waals surface area contributed by atoms with Gasteiger partial charge in [-0.15, -0.1) is 0 Å². The van der Waals surface area contributed by atoms with Gasteiger partial charge in [-0.25, -0.2) is 19.3 Å². The topological polar surface area (TPSA) is 111 Å². The molecule has 5 rings (SSSR count). The van der Waals surface area contributed by atoms with Gasteiger partial charge in [-0.1, -0.05) is 23.5 Å². The number of amides is 1. The largest absolute Gasteiger partial charge is 0.368 e. The summed E-state index contributed by atoms with van der Waals surface area (Å²) in [6.45, 7) is 1.42. The lowest BCUT2D eigenvalue weighted by Gasteiger charge is -2.25. The molecule has 3 aromatic heterocycles. The normalized spacial score (nSPS) is 18.3. The number of benzene rings is 1. The maximum Gasteiger partial charge on any atom is 0.237 e. The molecule has 4 aromatic rings. The van der Waals surface area contributed by atoms with Gasteiger partial charge in [0.15, 0.2) is 5.13 Å². The highest BCUT2D eigenvalue weighted by atomic mass is 32.1. The van der Waals surface area contributed by atoms with Crippen LogP contribution in [-0.4, -0.2) is 37.5 Å². The summed E-state index contributed by atoms with van der Waals surface area (Å²) in [5.74, 6) is 0.0724. The number of nitrogens with zero attached hydrogens (tertiary/aromatic N) is 4. The van der Waals surface area contributed by atoms with E-state index in [1.165, 1.54) is 23.5 Å². The third-order valence-electron chi connectivity index (χ3n) is 5.87. The number of carbonyl (C=O) groups is 1. The molecule has 0 bridgehead atoms. The van der Waals surface area contributed by atoms with Crippen molar-refractivity contribution >= 4 is 39.2 Å². The molecule has 164 valence electrons. The first kappa shape index (κ1) is 20.5. The van der Waals surface area contributed by atoms with Crippen LogP contribution in [0.15, 0.2) is 49.1 Å². The number of nitrogens with two attached hydrogens (primary N) is 1. The molecular weight excluding hydrogens is 429 g/mol. The standard InChI is InChI=1S/C22H22FN7OS/c23-15-4-2-14(3-5-15)18-12-26-21(32-18)29-19-10-17-16(11-25-19)27-13-30(17)9-7-22(20(24)31)6-1-8-28-22/h2-5,10-13,28H,1,6-9H2,(H2,24,31)(H,25,26,29)/t22-/m0/s1. The van der Waals surface area contributed by atoms with Crippen molar-refractivity contribution in [1.82, 2.24) is 24.8 Å². The fraction of sp³-hybridized carbons (Fsp3) is 0.273. The Labute approximate surface area is 187 Å². The number of nitrogens with one attached hydrogen (secondary N) is 2. The third-order valence-corrected chi connectivity index (χ3v) is 6.83. The summed E-state index contributed by atoms with van der Waals surface area (Å²) in [7, 11) is 0. The maximum atomic E-state index is 13.2. The van der Waals surface area contributed by atoms with Crippen molar-refractivity contribution in [1.29, 1.82) is 0 Å². The number of pyridine rings is 1. The minimum Gasteiger partial charge on any atom is -0.368 e. The summed E-state index contributed by atoms with van der Waals surface area (Å²) in [6, 6.07) is 8.24. The van der Waals surface area contributed by atoms with Gasteiger partial charge in [0.05, 0.1) is 28.5 Å². The molecule has 1 aliphatic rings. The lowest BCUT2D eigenvalue weighted by atomic mass is 9.92. The van der Waals surface area contributed by atoms with Crippen molar-refractivity contribution < 1.29 is 9.18 Å². The van der Waals surface area contributed by atoms with Crippen LogP contribution in [0.25, 0.3) is 21.5 Å². The van der Waals surface area contributed by atoms with Crippen molar-refractivity contribution in [3.63, 3.8) is 0 Å². The molecule has 8 nitrogen and oxygen atoms in total. The number of anilines is 2. The SMILES string of the molecule is NC(=O)[C@@]1(CCn2cnc3cnc(Nc4ncc(-c5ccc(F)cc5)s4)cc32)CCCN1. The van der Waals surface area contributed by atoms with Crippen LogP contribution in [0, 0.1) is 5.82 Å². The van der Waals surface area contributed by atoms with Gasteiger partial charge in [0.2, 0.25) is 5.91 Å². The molecule has 1 aliphatic heterocycles. The number of imidazole rings is 1. The molecule has 1 saturated heterocycles. The Bertz CT molecular complexity index is 1260. The molecule has 4 N–H and O–H groups in total. The van der Waals surface area contributed by atoms with Gasteiger partial charge in [0.1, 0.15) is 17.2 Å². The highest BCUT2D eigenvalue weighted by molar-refractivity contribution is 7.18. The average molecular weight is 452 g/mol. The summed E-state index contributed by atoms with van der Waals surface area (Å²) >= 11 is 1.46. The van der Waals surface area contributed by atoms with Gasteiger partial charge < -0.3 is 20.9 Å². The number of fused-ring (bicyclic) bond motifs is 1. The number of aryl methyl sites for hydroxylation is 1. The third kappa shape index (κ3) is 3.94. The summed E-state index contributed by atoms with van der Waals surface area (Å²) in [5.41, 5.74) is 7.61. The van der Waals surface area contributed by atoms with Crippen molar-refractivity contribution in [2.75, 3.05) is 11.9 Å². The minimum atomic E-state index is -0.650. The molecule has 4 heterocycles. The number of carbonyl (C=O) groups excluding carboxylic acids is 1. The average Bonchev–Trinajstić information content (AvgIpc) is 3.53. The van der Waals surface area contributed by atoms with Crippen molar-refractivity contribution in [2.24, 2.45) is 5.73 Å². The quantitative estimate of drug-likeness (QED) is 0.397. The number of hydrogen-bond acceptors (Lipinski definition) is 7. The van der Waals surface area contributed by atoms with E-state index in [0.717, 1.165) is 40.9 Å². The van der Waals surface area contributed by atoms with Crippen LogP contribution in [-0.2, 0) is 11.3 Å². The first-order chi connectivity index (χ1) is 15.5. The van der Waals surface area contributed by atoms with E-state index in [0.29, 0.717) is 23.9 Å². The summed E-state index contributed by atoms with van der Waals surface area (Å²) in [5, 5.41) is 7.20. The zero-order valence-corrected chi connectivity index (χ0v) is 18.0. The molecule has 1 atom stereocenters. The van der Waals surface area contributed by atoms with Crippen LogP contribution in [0.2, 0.25) is 0 Å². The Morgan fingerprint density at radius 3 is 2.84 bits per heavy atom. The van der Waals surface area contributed by atoms with E-state index in [1.54, 1.807) is 30.9 Å². The van der Waals surface area contributed by atoms with Gasteiger partial charge >= 0.3 is 0 Å². The van der Waals surface area contributed by atoms with E-state index >= 15 is 0 Å². The van der Waals surface area contributed by atoms with E-state index in [9.17, 15) is 9.18 Å². The number of thiazole rings is 1. The van der Waals surface area contributed by atoms with E-state index in [1.807, 2.05) is 10.6 Å². The van der Waals surface area contributed by atoms with Crippen LogP contribution >= 0.6 is 11.3 Å². The Morgan fingerprint density at radius 1 is 1.25 bits per heavy atom. The molecule has 1 fully saturated rings. The Hall–Kier alpha value is -3.37. The van der Waals surface area contributed by atoms with Gasteiger partial charge in [0.25, 0.3) is 0 Å². The lowest BCUT2D eigenvalue weighted by molar-refractivity contribution is -0.124. The minimum absolute atomic E-state index is 0.267. The van der Waals surface area contributed by atoms with Gasteiger partial charge in [0, 0.05) is 18.8 Å². The molecule has 0 saturated carbocycles. The first-order valence-corrected chi connectivity index (χ1v) is 11.2. The van der Waals surface area contributed by atoms with Crippen molar-refractivity contribution in [3.05, 3.63) is 54.9 Å². The van der Waals surface area contributed by atoms with Crippen LogP contribution in [0.5, 0.6) is 0 Å². The fourth-order valence-electron chi connectivity index (χ4n) is 4.06. The predicted molar refractivity (Wildman–Crippen MR) is 122 cm³/mol. The van der Waals surface area contributed by atoms with Crippen LogP contribution in [0.1, 0.15) is 19.3 Å². The molecule has 0 unspecified atom stereocenters. The zero-order chi connectivity index (χ0) is 22.1. The second kappa shape index (κ2) is 8.29. The first-order valence-electron chi connectivity index (χ1n) is 10.4. The van der Waals surface area contributed by atoms with Crippen LogP contribution in [0.4, 0.5) is 15.3 Å². The fourth-order valence-corrected chi connectivity index (χ4v) is 4.89. The van der Waals surface area contributed by atoms with Gasteiger partial charge in [-0.05, 0) is 43.5 Å². The van der Waals surface area contributed by atoms with Gasteiger partial charge in [-0.3, -0.25) is 4.79 Å². The smallest absolute Gasteiger partial charge is 0.237 e. The van der Waals surface area contributed by atoms with E-state index in [-0.39, 0.29) is 11.7 Å². The Balaban J connectivity index is 1.34. The molecular formula is C22H22FN7OS. The molecule has 0 aliphatic carbocycles. The molecule has 1 amide bonds. The molecule has 0 spiro atoms. The van der Waals surface area contributed by atoms with Crippen LogP contribution in [0.3, 0.4) is 0 Å². The molecule has 32 heavy (non-hydrogen) atoms. The number of primary amides is 1. The lowest BCUT2D eigenvalue weighted by Crippen LogP contribution is -2.52. The van der Waals surface area contributed by atoms with Gasteiger partial charge in [-0.2, -0.15) is 0 Å². The number of rotatable bonds is 7. The number of aromatic nitrogens is 4. The van der Waals surface area contributed by atoms with Crippen molar-refractivity contribution in [2.45, 2.75) is 31.3 Å². The maximum absolute atomic E-state index is 13.2. The monoisotopic (exact) mass is 451 g/mol. The second-order valence-electron chi connectivity index (χ2n) is 7.88. The zero-order valence-electron chi connectivity index (χ0n) is 17.2. The van der Waals surface area contributed by atoms with E-state index < -0.39 is 5.54 Å². The molecule has 0 radical (unpaired) electrons. The Morgan fingerprint density at radius 2 is 2.09 bits per heavy atom. The summed E-state index contributed by atoms with van der Waals surface area (Å²) in [6.07, 6.45) is 7.52. The number of halogens is 1. The summed E-state index contributed by atoms with van der Waals surface area (Å²) in [4.78, 5) is 26.2. The Kier molecular flexibility index (Phi) is 5.32. The summed E-state index contributed by atoms with van der Waals surface area (Å²) < 4.78 is 15.2. The highest BCUT2D eigenvalue weighted by Crippen LogP contribution is 2.31. The van der Waals surface area contributed by atoms with Crippen molar-refractivity contribution in [3.8, 4) is 10.4 Å². The molecule has 1 aromatic carbocycles. The van der Waals surface area contributed by atoms with E-state index in [2.05, 4.69) is 25.6 Å². The predicted octanol–water partition coefficient (Wildman–Crippen LogP) is 3.44. The number of hydrogen-bond donors (Lipinski definition) is 3. The van der Waals surface area contributed by atoms with E-state index in [4.69, 9.17) is 5.73 Å². The highest BCUT2D eigenvalue weighted by Gasteiger charge is 2.38. The van der Waals surface area contributed by atoms with Crippen LogP contribution < -0.4 is 16.4 Å².